The van der Waals surface area contributed by atoms with E-state index in [1.165, 1.54) is 4.90 Å². The predicted octanol–water partition coefficient (Wildman–Crippen LogP) is 14.2. The fraction of sp³-hybridized carbons (Fsp3) is 0.388. The number of aromatic amines is 4. The zero-order valence-electron chi connectivity index (χ0n) is 68.2. The molecule has 9 aromatic heterocycles. The SMILES string of the molecule is CC(C)(C)OC(=O)N1CCCC(c2nc3ncc(Br)cc3[nH]2)C1.CC(C)(C)OC(=O)N1CCOC(C(=O)O)C1.CC(C)(C)OC(=O)N1CCOC(c2nc3ncc(-c4ccccc4)cc3[nH]2)C1.N#CN1CCOC(c2nc3ncc(-c4ccccc4)cc3[nH]2)C1.Nc1cc(Br)cnc1N.c1ccc(-c2cnc3nc(C4CNCCO4)[nH]c3c2)cc1. The highest BCUT2D eigenvalue weighted by Gasteiger charge is 2.35. The fourth-order valence-electron chi connectivity index (χ4n) is 13.1. The fourth-order valence-corrected chi connectivity index (χ4v) is 13.7. The number of hydrogen-bond donors (Lipinski definition) is 8. The Morgan fingerprint density at radius 1 is 0.475 bits per heavy atom. The highest BCUT2D eigenvalue weighted by atomic mass is 79.9. The van der Waals surface area contributed by atoms with Gasteiger partial charge in [-0.1, -0.05) is 91.0 Å². The Hall–Kier alpha value is -11.8. The monoisotopic (exact) mass is 1760 g/mol. The van der Waals surface area contributed by atoms with Gasteiger partial charge in [0.25, 0.3) is 0 Å². The topological polar surface area (TPSA) is 433 Å². The molecule has 0 radical (unpaired) electrons. The average Bonchev–Trinajstić information content (AvgIpc) is 1.67. The van der Waals surface area contributed by atoms with Gasteiger partial charge in [-0.3, -0.25) is 0 Å². The number of amides is 3. The van der Waals surface area contributed by atoms with Crippen molar-refractivity contribution in [3.8, 4) is 39.6 Å². The van der Waals surface area contributed by atoms with Crippen LogP contribution in [0.5, 0.6) is 0 Å². The van der Waals surface area contributed by atoms with Gasteiger partial charge in [0.15, 0.2) is 34.9 Å². The van der Waals surface area contributed by atoms with Crippen molar-refractivity contribution >= 4 is 112 Å². The van der Waals surface area contributed by atoms with Gasteiger partial charge in [0.1, 0.15) is 64.2 Å². The van der Waals surface area contributed by atoms with Gasteiger partial charge >= 0.3 is 24.2 Å². The molecule has 5 atom stereocenters. The van der Waals surface area contributed by atoms with Crippen molar-refractivity contribution < 1.29 is 57.4 Å². The largest absolute Gasteiger partial charge is 0.479 e. The Bertz CT molecular complexity index is 5490. The van der Waals surface area contributed by atoms with E-state index in [-0.39, 0.29) is 49.6 Å². The number of ether oxygens (including phenoxy) is 7. The van der Waals surface area contributed by atoms with Crippen molar-refractivity contribution in [1.82, 2.24) is 89.7 Å². The number of likely N-dealkylation sites (tertiary alicyclic amines) is 1. The minimum Gasteiger partial charge on any atom is -0.479 e. The summed E-state index contributed by atoms with van der Waals surface area (Å²) in [4.78, 5) is 106. The van der Waals surface area contributed by atoms with Crippen LogP contribution in [0.25, 0.3) is 78.0 Å². The molecule has 0 saturated carbocycles. The molecule has 12 aromatic rings. The summed E-state index contributed by atoms with van der Waals surface area (Å²) in [7, 11) is 0. The van der Waals surface area contributed by atoms with E-state index < -0.39 is 35.0 Å². The number of nitrogens with zero attached hydrogens (tertiary/aromatic N) is 14. The van der Waals surface area contributed by atoms with Crippen LogP contribution in [0.2, 0.25) is 0 Å². The van der Waals surface area contributed by atoms with Crippen LogP contribution in [-0.2, 0) is 38.0 Å². The zero-order valence-corrected chi connectivity index (χ0v) is 71.4. The Morgan fingerprint density at radius 3 is 1.32 bits per heavy atom. The van der Waals surface area contributed by atoms with E-state index in [0.29, 0.717) is 93.4 Å². The van der Waals surface area contributed by atoms with Gasteiger partial charge in [-0.2, -0.15) is 5.26 Å². The number of carboxylic acids is 1. The second-order valence-corrected chi connectivity index (χ2v) is 33.5. The summed E-state index contributed by atoms with van der Waals surface area (Å²) >= 11 is 6.61. The second kappa shape index (κ2) is 39.9. The predicted molar refractivity (Wildman–Crippen MR) is 459 cm³/mol. The summed E-state index contributed by atoms with van der Waals surface area (Å²) in [5.41, 5.74) is 22.5. The van der Waals surface area contributed by atoms with E-state index in [1.807, 2.05) is 145 Å². The zero-order chi connectivity index (χ0) is 85.3. The van der Waals surface area contributed by atoms with Crippen molar-refractivity contribution in [3.63, 3.8) is 0 Å². The van der Waals surface area contributed by atoms with Crippen molar-refractivity contribution in [2.45, 2.75) is 122 Å². The summed E-state index contributed by atoms with van der Waals surface area (Å²) in [5.74, 6) is 2.61. The van der Waals surface area contributed by atoms with Crippen LogP contribution in [0.1, 0.15) is 123 Å². The molecular formula is C85H99Br2N21O12. The molecule has 0 bridgehead atoms. The number of pyridine rings is 5. The molecule has 35 heteroatoms. The molecule has 3 amide bonds. The quantitative estimate of drug-likeness (QED) is 0.0517. The van der Waals surface area contributed by atoms with E-state index in [2.05, 4.69) is 138 Å². The molecule has 5 unspecified atom stereocenters. The van der Waals surface area contributed by atoms with Crippen LogP contribution in [0.3, 0.4) is 0 Å². The molecule has 0 aliphatic carbocycles. The smallest absolute Gasteiger partial charge is 0.410 e. The number of nitrogens with one attached hydrogen (secondary N) is 5. The lowest BCUT2D eigenvalue weighted by Crippen LogP contribution is -2.49. The van der Waals surface area contributed by atoms with Gasteiger partial charge in [-0.05, 0) is 154 Å². The second-order valence-electron chi connectivity index (χ2n) is 31.7. The first-order chi connectivity index (χ1) is 57.4. The summed E-state index contributed by atoms with van der Waals surface area (Å²) < 4.78 is 40.1. The molecule has 630 valence electrons. The van der Waals surface area contributed by atoms with E-state index >= 15 is 0 Å². The summed E-state index contributed by atoms with van der Waals surface area (Å²) in [6.07, 6.45) is 10.3. The lowest BCUT2D eigenvalue weighted by Gasteiger charge is -2.33. The number of anilines is 2. The molecule has 3 aromatic carbocycles. The summed E-state index contributed by atoms with van der Waals surface area (Å²) in [5, 5.41) is 21.1. The number of carbonyl (C=O) groups is 4. The third-order valence-corrected chi connectivity index (χ3v) is 19.7. The number of imidazole rings is 4. The molecule has 14 heterocycles. The number of carbonyl (C=O) groups excluding carboxylic acids is 3. The van der Waals surface area contributed by atoms with Crippen LogP contribution in [0, 0.1) is 11.5 Å². The lowest BCUT2D eigenvalue weighted by molar-refractivity contribution is -0.155. The van der Waals surface area contributed by atoms with E-state index in [1.54, 1.807) is 53.9 Å². The van der Waals surface area contributed by atoms with Crippen molar-refractivity contribution in [1.29, 1.82) is 5.26 Å². The number of nitrogens with two attached hydrogens (primary N) is 2. The van der Waals surface area contributed by atoms with E-state index in [0.717, 1.165) is 120 Å². The van der Waals surface area contributed by atoms with Crippen LogP contribution >= 0.6 is 31.9 Å². The van der Waals surface area contributed by atoms with Crippen molar-refractivity contribution in [3.05, 3.63) is 185 Å². The highest BCUT2D eigenvalue weighted by molar-refractivity contribution is 9.10. The van der Waals surface area contributed by atoms with E-state index in [9.17, 15) is 19.2 Å². The molecule has 5 aliphatic rings. The molecule has 0 spiro atoms. The Labute approximate surface area is 710 Å². The normalized spacial score (nSPS) is 18.2. The van der Waals surface area contributed by atoms with Crippen molar-refractivity contribution in [2.24, 2.45) is 0 Å². The minimum atomic E-state index is -1.06. The number of H-pyrrole nitrogens is 4. The first kappa shape index (κ1) is 87.5. The number of aliphatic carboxylic acids is 1. The van der Waals surface area contributed by atoms with Gasteiger partial charge in [0, 0.05) is 102 Å². The molecule has 5 saturated heterocycles. The maximum Gasteiger partial charge on any atom is 0.410 e. The van der Waals surface area contributed by atoms with Gasteiger partial charge < -0.3 is 94.6 Å². The lowest BCUT2D eigenvalue weighted by atomic mass is 9.98. The number of carboxylic acid groups (broad SMARTS) is 1. The number of aromatic nitrogens is 13. The van der Waals surface area contributed by atoms with E-state index in [4.69, 9.17) is 55.0 Å². The average molecular weight is 1770 g/mol. The Balaban J connectivity index is 0.000000135. The number of hydrogen-bond acceptors (Lipinski definition) is 25. The molecule has 5 fully saturated rings. The highest BCUT2D eigenvalue weighted by Crippen LogP contribution is 2.32. The number of nitrogen functional groups attached to an aromatic ring is 2. The maximum atomic E-state index is 12.4. The first-order valence-corrected chi connectivity index (χ1v) is 40.9. The van der Waals surface area contributed by atoms with Gasteiger partial charge in [-0.25, -0.2) is 64.0 Å². The molecule has 10 N–H and O–H groups in total. The van der Waals surface area contributed by atoms with Crippen LogP contribution < -0.4 is 16.8 Å². The van der Waals surface area contributed by atoms with Gasteiger partial charge in [0.05, 0.1) is 80.4 Å². The number of morpholine rings is 4. The molecule has 33 nitrogen and oxygen atoms in total. The first-order valence-electron chi connectivity index (χ1n) is 39.3. The maximum absolute atomic E-state index is 12.4. The number of piperidine rings is 1. The van der Waals surface area contributed by atoms with Crippen LogP contribution in [-0.4, -0.2) is 229 Å². The number of benzene rings is 3. The third-order valence-electron chi connectivity index (χ3n) is 18.8. The number of nitriles is 1. The number of halogens is 2. The molecular weight excluding hydrogens is 1670 g/mol. The molecule has 120 heavy (non-hydrogen) atoms. The van der Waals surface area contributed by atoms with Gasteiger partial charge in [0.2, 0.25) is 0 Å². The van der Waals surface area contributed by atoms with Crippen LogP contribution in [0.15, 0.2) is 161 Å². The third kappa shape index (κ3) is 24.7. The molecule has 17 rings (SSSR count). The number of fused-ring (bicyclic) bond motifs is 4. The Kier molecular flexibility index (Phi) is 29.1. The standard InChI is InChI=1S/C21H24N4O3.C17H15N5O.C16H21BrN4O2.C16H16N4O.C10H17NO5.C5H6BrN3/c1-21(2,3)28-20(26)25-9-10-27-17(13-25)19-23-16-11-15(12-22-18(16)24-19)14-7-5-4-6-8-14;18-11-22-6-7-23-15(10-22)17-20-14-8-13(9-19-16(14)21-17)12-4-2-1-3-5-12;1-16(2,3)23-15(22)21-6-4-5-10(9-21)13-19-12-7-11(17)8-18-14(12)20-13;1-2-4-11(5-3-1)12-8-13-15(18-9-12)20-16(19-13)14-10-17-6-7-21-14;1-10(2,3)16-9(14)11-4-5-15-7(6-11)8(12)13;6-3-1-4(7)5(8)9-2-3/h4-8,11-12,17H,9-10,13H2,1-3H3,(H,22,23,24);1-5,8-9,15H,6-7,10H2,(H,19,20,21);7-8,10H,4-6,9H2,1-3H3,(H,18,19,20);1-5,8-9,14,17H,6-7,10H2,(H,18,19,20);7H,4-6H2,1-3H3,(H,12,13);1-2H,7H2,(H2,8,9). The Morgan fingerprint density at radius 2 is 0.875 bits per heavy atom. The number of rotatable bonds is 8. The summed E-state index contributed by atoms with van der Waals surface area (Å²) in [6, 6.07) is 40.2. The van der Waals surface area contributed by atoms with Gasteiger partial charge in [-0.15, -0.1) is 0 Å². The van der Waals surface area contributed by atoms with Crippen LogP contribution in [0.4, 0.5) is 25.9 Å². The minimum absolute atomic E-state index is 0.0203. The van der Waals surface area contributed by atoms with Crippen molar-refractivity contribution in [2.75, 3.05) is 103 Å². The molecule has 5 aliphatic heterocycles. The summed E-state index contributed by atoms with van der Waals surface area (Å²) in [6.45, 7) is 23.9.